The van der Waals surface area contributed by atoms with Crippen LogP contribution >= 0.6 is 0 Å². The molecule has 1 aromatic carbocycles. The minimum Gasteiger partial charge on any atom is -0.465 e. The minimum atomic E-state index is -3.34. The van der Waals surface area contributed by atoms with Crippen molar-refractivity contribution in [2.45, 2.75) is 19.6 Å². The fraction of sp³-hybridized carbons (Fsp3) is 0.462. The number of carbonyl (C=O) groups excluding carboxylic acids is 1. The maximum absolute atomic E-state index is 12.1. The van der Waals surface area contributed by atoms with E-state index < -0.39 is 16.0 Å². The number of nitrogens with zero attached hydrogens (tertiary/aromatic N) is 1. The molecule has 0 fully saturated rings. The molecule has 19 heavy (non-hydrogen) atoms. The Bertz CT molecular complexity index is 535. The van der Waals surface area contributed by atoms with Gasteiger partial charge in [0.2, 0.25) is 10.0 Å². The van der Waals surface area contributed by atoms with Crippen LogP contribution in [0.2, 0.25) is 0 Å². The second-order valence-electron chi connectivity index (χ2n) is 4.03. The molecule has 106 valence electrons. The van der Waals surface area contributed by atoms with Crippen molar-refractivity contribution in [2.75, 3.05) is 20.2 Å². The van der Waals surface area contributed by atoms with Gasteiger partial charge in [-0.2, -0.15) is 0 Å². The number of carbonyl (C=O) groups is 1. The zero-order valence-electron chi connectivity index (χ0n) is 11.4. The highest BCUT2D eigenvalue weighted by Crippen LogP contribution is 2.13. The molecule has 0 heterocycles. The Balaban J connectivity index is 2.97. The Morgan fingerprint density at radius 1 is 1.26 bits per heavy atom. The van der Waals surface area contributed by atoms with Gasteiger partial charge in [0.05, 0.1) is 18.4 Å². The lowest BCUT2D eigenvalue weighted by molar-refractivity contribution is 0.0600. The predicted molar refractivity (Wildman–Crippen MR) is 73.3 cm³/mol. The largest absolute Gasteiger partial charge is 0.465 e. The molecular formula is C13H19NO4S. The van der Waals surface area contributed by atoms with E-state index in [0.29, 0.717) is 24.2 Å². The van der Waals surface area contributed by atoms with Gasteiger partial charge >= 0.3 is 5.97 Å². The van der Waals surface area contributed by atoms with E-state index in [9.17, 15) is 13.2 Å². The lowest BCUT2D eigenvalue weighted by Gasteiger charge is -2.18. The minimum absolute atomic E-state index is 0.112. The lowest BCUT2D eigenvalue weighted by atomic mass is 10.1. The predicted octanol–water partition coefficient (Wildman–Crippen LogP) is 1.64. The summed E-state index contributed by atoms with van der Waals surface area (Å²) in [7, 11) is -2.05. The van der Waals surface area contributed by atoms with Gasteiger partial charge in [-0.05, 0) is 17.7 Å². The smallest absolute Gasteiger partial charge is 0.337 e. The van der Waals surface area contributed by atoms with Gasteiger partial charge in [-0.3, -0.25) is 0 Å². The second kappa shape index (κ2) is 6.68. The molecule has 0 bridgehead atoms. The van der Waals surface area contributed by atoms with Gasteiger partial charge in [-0.15, -0.1) is 0 Å². The van der Waals surface area contributed by atoms with Gasteiger partial charge < -0.3 is 4.74 Å². The molecule has 1 aromatic rings. The molecule has 1 rings (SSSR count). The van der Waals surface area contributed by atoms with Crippen molar-refractivity contribution < 1.29 is 17.9 Å². The van der Waals surface area contributed by atoms with Crippen LogP contribution in [0.1, 0.15) is 29.8 Å². The Labute approximate surface area is 114 Å². The topological polar surface area (TPSA) is 63.7 Å². The molecule has 0 atom stereocenters. The first-order chi connectivity index (χ1) is 8.94. The maximum Gasteiger partial charge on any atom is 0.337 e. The first-order valence-corrected chi connectivity index (χ1v) is 7.70. The fourth-order valence-electron chi connectivity index (χ4n) is 1.82. The van der Waals surface area contributed by atoms with Gasteiger partial charge in [-0.1, -0.05) is 26.0 Å². The molecule has 5 nitrogen and oxygen atoms in total. The summed E-state index contributed by atoms with van der Waals surface area (Å²) in [5.41, 5.74) is 0.935. The molecule has 0 saturated heterocycles. The second-order valence-corrected chi connectivity index (χ2v) is 6.00. The Kier molecular flexibility index (Phi) is 5.50. The molecule has 0 spiro atoms. The third-order valence-corrected chi connectivity index (χ3v) is 4.80. The van der Waals surface area contributed by atoms with E-state index in [4.69, 9.17) is 0 Å². The zero-order chi connectivity index (χ0) is 14.5. The number of hydrogen-bond acceptors (Lipinski definition) is 4. The van der Waals surface area contributed by atoms with E-state index in [1.807, 2.05) is 0 Å². The van der Waals surface area contributed by atoms with Crippen LogP contribution in [-0.4, -0.2) is 38.9 Å². The summed E-state index contributed by atoms with van der Waals surface area (Å²) in [6.45, 7) is 4.48. The quantitative estimate of drug-likeness (QED) is 0.745. The fourth-order valence-corrected chi connectivity index (χ4v) is 3.39. The Morgan fingerprint density at radius 2 is 1.89 bits per heavy atom. The van der Waals surface area contributed by atoms with Crippen LogP contribution in [0.5, 0.6) is 0 Å². The molecule has 0 N–H and O–H groups in total. The van der Waals surface area contributed by atoms with Crippen molar-refractivity contribution >= 4 is 16.0 Å². The van der Waals surface area contributed by atoms with E-state index in [1.165, 1.54) is 11.4 Å². The van der Waals surface area contributed by atoms with Crippen LogP contribution in [0.15, 0.2) is 24.3 Å². The van der Waals surface area contributed by atoms with E-state index in [-0.39, 0.29) is 5.75 Å². The lowest BCUT2D eigenvalue weighted by Crippen LogP contribution is -2.31. The maximum atomic E-state index is 12.1. The van der Waals surface area contributed by atoms with Gasteiger partial charge in [0.15, 0.2) is 0 Å². The van der Waals surface area contributed by atoms with Crippen LogP contribution in [0.3, 0.4) is 0 Å². The van der Waals surface area contributed by atoms with Gasteiger partial charge in [-0.25, -0.2) is 17.5 Å². The number of rotatable bonds is 6. The van der Waals surface area contributed by atoms with Crippen LogP contribution in [0.4, 0.5) is 0 Å². The van der Waals surface area contributed by atoms with E-state index in [1.54, 1.807) is 38.1 Å². The molecule has 0 amide bonds. The van der Waals surface area contributed by atoms with Gasteiger partial charge in [0, 0.05) is 13.1 Å². The summed E-state index contributed by atoms with van der Waals surface area (Å²) in [4.78, 5) is 11.4. The number of methoxy groups -OCH3 is 1. The van der Waals surface area contributed by atoms with Crippen LogP contribution in [0.25, 0.3) is 0 Å². The molecule has 0 aliphatic heterocycles. The highest BCUT2D eigenvalue weighted by molar-refractivity contribution is 7.88. The van der Waals surface area contributed by atoms with Crippen molar-refractivity contribution in [1.82, 2.24) is 4.31 Å². The average molecular weight is 285 g/mol. The van der Waals surface area contributed by atoms with Crippen molar-refractivity contribution in [3.05, 3.63) is 35.4 Å². The highest BCUT2D eigenvalue weighted by Gasteiger charge is 2.19. The first-order valence-electron chi connectivity index (χ1n) is 6.09. The number of hydrogen-bond donors (Lipinski definition) is 0. The molecule has 0 aliphatic rings. The van der Waals surface area contributed by atoms with E-state index in [0.717, 1.165) is 0 Å². The summed E-state index contributed by atoms with van der Waals surface area (Å²) in [6.07, 6.45) is 0. The van der Waals surface area contributed by atoms with Crippen molar-refractivity contribution in [3.63, 3.8) is 0 Å². The van der Waals surface area contributed by atoms with Crippen molar-refractivity contribution in [1.29, 1.82) is 0 Å². The Morgan fingerprint density at radius 3 is 2.42 bits per heavy atom. The molecule has 0 saturated carbocycles. The highest BCUT2D eigenvalue weighted by atomic mass is 32.2. The summed E-state index contributed by atoms with van der Waals surface area (Å²) in [5.74, 6) is -0.582. The van der Waals surface area contributed by atoms with Crippen molar-refractivity contribution in [2.24, 2.45) is 0 Å². The van der Waals surface area contributed by atoms with Crippen LogP contribution in [-0.2, 0) is 20.5 Å². The monoisotopic (exact) mass is 285 g/mol. The molecule has 6 heteroatoms. The summed E-state index contributed by atoms with van der Waals surface area (Å²) in [5, 5.41) is 0. The number of benzene rings is 1. The van der Waals surface area contributed by atoms with E-state index >= 15 is 0 Å². The van der Waals surface area contributed by atoms with Crippen LogP contribution in [0, 0.1) is 0 Å². The summed E-state index contributed by atoms with van der Waals surface area (Å²) < 4.78 is 30.3. The number of sulfonamides is 1. The van der Waals surface area contributed by atoms with Gasteiger partial charge in [0.1, 0.15) is 0 Å². The third-order valence-electron chi connectivity index (χ3n) is 2.80. The summed E-state index contributed by atoms with van der Waals surface area (Å²) in [6, 6.07) is 6.49. The molecular weight excluding hydrogens is 266 g/mol. The SMILES string of the molecule is CCN(CC)S(=O)(=O)Cc1cccc(C(=O)OC)c1. The molecule has 0 aromatic heterocycles. The van der Waals surface area contributed by atoms with Crippen LogP contribution < -0.4 is 0 Å². The molecule has 0 unspecified atom stereocenters. The standard InChI is InChI=1S/C13H19NO4S/c1-4-14(5-2)19(16,17)10-11-7-6-8-12(9-11)13(15)18-3/h6-9H,4-5,10H2,1-3H3. The average Bonchev–Trinajstić information content (AvgIpc) is 2.38. The summed E-state index contributed by atoms with van der Waals surface area (Å²) >= 11 is 0. The molecule has 0 radical (unpaired) electrons. The van der Waals surface area contributed by atoms with E-state index in [2.05, 4.69) is 4.74 Å². The zero-order valence-corrected chi connectivity index (χ0v) is 12.2. The normalized spacial score (nSPS) is 11.6. The number of esters is 1. The Hall–Kier alpha value is -1.40. The van der Waals surface area contributed by atoms with Crippen molar-refractivity contribution in [3.8, 4) is 0 Å². The molecule has 0 aliphatic carbocycles. The third kappa shape index (κ3) is 4.04. The van der Waals surface area contributed by atoms with Gasteiger partial charge in [0.25, 0.3) is 0 Å². The first kappa shape index (κ1) is 15.7. The number of ether oxygens (including phenoxy) is 1.